The Morgan fingerprint density at radius 2 is 2.15 bits per heavy atom. The normalized spacial score (nSPS) is 20.2. The molecule has 2 heterocycles. The Balaban J connectivity index is 1.81. The van der Waals surface area contributed by atoms with Crippen LogP contribution in [0.25, 0.3) is 0 Å². The molecule has 5 nitrogen and oxygen atoms in total. The zero-order chi connectivity index (χ0) is 19.6. The van der Waals surface area contributed by atoms with Gasteiger partial charge in [0, 0.05) is 17.5 Å². The van der Waals surface area contributed by atoms with Gasteiger partial charge in [-0.15, -0.1) is 22.9 Å². The first-order valence-electron chi connectivity index (χ1n) is 9.07. The second-order valence-electron chi connectivity index (χ2n) is 7.87. The first-order chi connectivity index (χ1) is 12.8. The number of rotatable bonds is 6. The Morgan fingerprint density at radius 1 is 1.37 bits per heavy atom. The minimum atomic E-state index is -0.296. The molecule has 1 aliphatic rings. The average Bonchev–Trinajstić information content (AvgIpc) is 3.24. The molecule has 0 amide bonds. The zero-order valence-electron chi connectivity index (χ0n) is 15.9. The van der Waals surface area contributed by atoms with Gasteiger partial charge >= 0.3 is 0 Å². The number of anilines is 1. The van der Waals surface area contributed by atoms with Crippen molar-refractivity contribution in [3.8, 4) is 0 Å². The van der Waals surface area contributed by atoms with Crippen LogP contribution in [-0.2, 0) is 16.8 Å². The maximum atomic E-state index is 11.7. The smallest absolute Gasteiger partial charge is 0.292 e. The van der Waals surface area contributed by atoms with Crippen molar-refractivity contribution in [2.45, 2.75) is 50.6 Å². The van der Waals surface area contributed by atoms with E-state index in [1.165, 1.54) is 0 Å². The summed E-state index contributed by atoms with van der Waals surface area (Å²) in [6, 6.07) is 9.49. The van der Waals surface area contributed by atoms with E-state index in [1.54, 1.807) is 17.4 Å². The van der Waals surface area contributed by atoms with Crippen molar-refractivity contribution in [1.82, 2.24) is 0 Å². The molecule has 1 aliphatic heterocycles. The summed E-state index contributed by atoms with van der Waals surface area (Å²) in [5.41, 5.74) is 1.56. The van der Waals surface area contributed by atoms with Crippen LogP contribution in [0, 0.1) is 10.1 Å². The van der Waals surface area contributed by atoms with Crippen molar-refractivity contribution in [3.05, 3.63) is 56.3 Å². The second-order valence-corrected chi connectivity index (χ2v) is 9.46. The van der Waals surface area contributed by atoms with Gasteiger partial charge in [0.2, 0.25) is 0 Å². The average molecular weight is 409 g/mol. The van der Waals surface area contributed by atoms with Crippen LogP contribution in [0.4, 0.5) is 11.4 Å². The molecule has 2 atom stereocenters. The van der Waals surface area contributed by atoms with E-state index >= 15 is 0 Å². The highest BCUT2D eigenvalue weighted by molar-refractivity contribution is 7.09. The van der Waals surface area contributed by atoms with Crippen molar-refractivity contribution in [3.63, 3.8) is 0 Å². The Kier molecular flexibility index (Phi) is 6.08. The number of thiophene rings is 1. The summed E-state index contributed by atoms with van der Waals surface area (Å²) in [6.07, 6.45) is 0.784. The summed E-state index contributed by atoms with van der Waals surface area (Å²) in [5, 5.41) is 13.7. The molecule has 1 aromatic heterocycles. The summed E-state index contributed by atoms with van der Waals surface area (Å²) >= 11 is 8.18. The molecule has 0 spiro atoms. The van der Waals surface area contributed by atoms with E-state index in [1.807, 2.05) is 34.5 Å². The van der Waals surface area contributed by atoms with E-state index in [0.29, 0.717) is 25.4 Å². The van der Waals surface area contributed by atoms with Crippen LogP contribution in [-0.4, -0.2) is 29.5 Å². The van der Waals surface area contributed by atoms with Gasteiger partial charge in [0.15, 0.2) is 0 Å². The number of nitro benzene ring substituents is 1. The zero-order valence-corrected chi connectivity index (χ0v) is 17.4. The molecular formula is C20H25ClN2O3S. The van der Waals surface area contributed by atoms with Gasteiger partial charge in [0.1, 0.15) is 5.69 Å². The Bertz CT molecular complexity index is 789. The van der Waals surface area contributed by atoms with Crippen molar-refractivity contribution >= 4 is 34.3 Å². The fraction of sp³-hybridized carbons (Fsp3) is 0.500. The van der Waals surface area contributed by atoms with E-state index in [-0.39, 0.29) is 27.4 Å². The standard InChI is InChI=1S/C20H25ClN2O3S/c1-20(2,3)14-6-7-17(18(11-14)23(24)25)22-9-8-16(21)19(22)13-26-12-15-5-4-10-27-15/h4-7,10-11,16,19H,8-9,12-13H2,1-3H3. The van der Waals surface area contributed by atoms with Gasteiger partial charge in [-0.25, -0.2) is 0 Å². The van der Waals surface area contributed by atoms with Crippen LogP contribution in [0.15, 0.2) is 35.7 Å². The van der Waals surface area contributed by atoms with Gasteiger partial charge in [0.05, 0.1) is 29.6 Å². The molecule has 1 aromatic carbocycles. The van der Waals surface area contributed by atoms with Crippen molar-refractivity contribution in [1.29, 1.82) is 0 Å². The monoisotopic (exact) mass is 408 g/mol. The van der Waals surface area contributed by atoms with E-state index in [0.717, 1.165) is 16.9 Å². The number of nitro groups is 1. The predicted molar refractivity (Wildman–Crippen MR) is 111 cm³/mol. The predicted octanol–water partition coefficient (Wildman–Crippen LogP) is 5.36. The third-order valence-electron chi connectivity index (χ3n) is 4.92. The molecular weight excluding hydrogens is 384 g/mol. The number of hydrogen-bond acceptors (Lipinski definition) is 5. The molecule has 3 rings (SSSR count). The van der Waals surface area contributed by atoms with Gasteiger partial charge in [-0.2, -0.15) is 0 Å². The molecule has 0 bridgehead atoms. The van der Waals surface area contributed by atoms with E-state index in [9.17, 15) is 10.1 Å². The van der Waals surface area contributed by atoms with Crippen LogP contribution >= 0.6 is 22.9 Å². The molecule has 2 unspecified atom stereocenters. The van der Waals surface area contributed by atoms with Crippen molar-refractivity contribution in [2.75, 3.05) is 18.1 Å². The molecule has 7 heteroatoms. The number of benzene rings is 1. The molecule has 1 fully saturated rings. The lowest BCUT2D eigenvalue weighted by atomic mass is 9.86. The lowest BCUT2D eigenvalue weighted by Gasteiger charge is -2.28. The maximum Gasteiger partial charge on any atom is 0.292 e. The highest BCUT2D eigenvalue weighted by Crippen LogP contribution is 2.38. The maximum absolute atomic E-state index is 11.7. The number of hydrogen-bond donors (Lipinski definition) is 0. The third kappa shape index (κ3) is 4.62. The highest BCUT2D eigenvalue weighted by atomic mass is 35.5. The van der Waals surface area contributed by atoms with Crippen LogP contribution in [0.1, 0.15) is 37.6 Å². The molecule has 2 aromatic rings. The molecule has 0 radical (unpaired) electrons. The first kappa shape index (κ1) is 20.1. The van der Waals surface area contributed by atoms with Gasteiger partial charge < -0.3 is 9.64 Å². The van der Waals surface area contributed by atoms with Crippen LogP contribution in [0.2, 0.25) is 0 Å². The van der Waals surface area contributed by atoms with Crippen LogP contribution in [0.3, 0.4) is 0 Å². The fourth-order valence-electron chi connectivity index (χ4n) is 3.36. The Morgan fingerprint density at radius 3 is 2.78 bits per heavy atom. The van der Waals surface area contributed by atoms with Crippen molar-refractivity contribution < 1.29 is 9.66 Å². The van der Waals surface area contributed by atoms with Crippen LogP contribution in [0.5, 0.6) is 0 Å². The molecule has 0 N–H and O–H groups in total. The summed E-state index contributed by atoms with van der Waals surface area (Å²) < 4.78 is 5.88. The fourth-order valence-corrected chi connectivity index (χ4v) is 4.31. The summed E-state index contributed by atoms with van der Waals surface area (Å²) in [7, 11) is 0. The van der Waals surface area contributed by atoms with Gasteiger partial charge in [-0.05, 0) is 34.9 Å². The number of ether oxygens (including phenoxy) is 1. The summed E-state index contributed by atoms with van der Waals surface area (Å²) in [5.74, 6) is 0. The van der Waals surface area contributed by atoms with Gasteiger partial charge in [-0.1, -0.05) is 32.9 Å². The summed E-state index contributed by atoms with van der Waals surface area (Å²) in [6.45, 7) is 7.84. The molecule has 146 valence electrons. The second kappa shape index (κ2) is 8.17. The largest absolute Gasteiger partial charge is 0.374 e. The summed E-state index contributed by atoms with van der Waals surface area (Å²) in [4.78, 5) is 14.6. The lowest BCUT2D eigenvalue weighted by molar-refractivity contribution is -0.384. The third-order valence-corrected chi connectivity index (χ3v) is 6.28. The number of nitrogens with zero attached hydrogens (tertiary/aromatic N) is 2. The minimum absolute atomic E-state index is 0.0779. The van der Waals surface area contributed by atoms with E-state index in [2.05, 4.69) is 20.8 Å². The SMILES string of the molecule is CC(C)(C)c1ccc(N2CCC(Cl)C2COCc2cccs2)c([N+](=O)[O-])c1. The van der Waals surface area contributed by atoms with E-state index in [4.69, 9.17) is 16.3 Å². The van der Waals surface area contributed by atoms with Gasteiger partial charge in [-0.3, -0.25) is 10.1 Å². The van der Waals surface area contributed by atoms with Gasteiger partial charge in [0.25, 0.3) is 5.69 Å². The Labute approximate surface area is 169 Å². The Hall–Kier alpha value is -1.63. The van der Waals surface area contributed by atoms with E-state index < -0.39 is 0 Å². The van der Waals surface area contributed by atoms with Crippen molar-refractivity contribution in [2.24, 2.45) is 0 Å². The number of halogens is 1. The topological polar surface area (TPSA) is 55.6 Å². The van der Waals surface area contributed by atoms with Crippen LogP contribution < -0.4 is 4.90 Å². The molecule has 0 saturated carbocycles. The molecule has 27 heavy (non-hydrogen) atoms. The molecule has 0 aliphatic carbocycles. The molecule has 1 saturated heterocycles. The first-order valence-corrected chi connectivity index (χ1v) is 10.4. The lowest BCUT2D eigenvalue weighted by Crippen LogP contribution is -2.37. The quantitative estimate of drug-likeness (QED) is 0.367. The minimum Gasteiger partial charge on any atom is -0.374 e. The highest BCUT2D eigenvalue weighted by Gasteiger charge is 2.36. The number of alkyl halides is 1.